The Balaban J connectivity index is 2.25. The fraction of sp³-hybridized carbons (Fsp3) is 0.562. The molecule has 0 spiro atoms. The highest BCUT2D eigenvalue weighted by molar-refractivity contribution is 5.66. The number of nitriles is 1. The van der Waals surface area contributed by atoms with E-state index in [4.69, 9.17) is 4.74 Å². The van der Waals surface area contributed by atoms with Crippen molar-refractivity contribution in [3.63, 3.8) is 0 Å². The highest BCUT2D eigenvalue weighted by Gasteiger charge is 2.37. The molecule has 1 fully saturated rings. The standard InChI is InChI=1S/C16H22N2O/c1-11-8-12(2)14(15(19-4)13(11)3)18-10-16(9-17)6-5-7-16/h8,18H,5-7,10H2,1-4H3. The molecule has 0 atom stereocenters. The second-order valence-electron chi connectivity index (χ2n) is 5.64. The van der Waals surface area contributed by atoms with E-state index in [1.165, 1.54) is 11.1 Å². The Hall–Kier alpha value is -1.69. The molecular weight excluding hydrogens is 236 g/mol. The molecule has 3 nitrogen and oxygen atoms in total. The zero-order valence-electron chi connectivity index (χ0n) is 12.3. The lowest BCUT2D eigenvalue weighted by Crippen LogP contribution is -2.35. The van der Waals surface area contributed by atoms with Crippen molar-refractivity contribution in [2.75, 3.05) is 19.0 Å². The zero-order valence-corrected chi connectivity index (χ0v) is 12.3. The van der Waals surface area contributed by atoms with Crippen LogP contribution in [0.4, 0.5) is 5.69 Å². The minimum absolute atomic E-state index is 0.170. The van der Waals surface area contributed by atoms with Crippen molar-refractivity contribution in [1.29, 1.82) is 5.26 Å². The zero-order chi connectivity index (χ0) is 14.0. The number of hydrogen-bond acceptors (Lipinski definition) is 3. The van der Waals surface area contributed by atoms with Gasteiger partial charge in [-0.3, -0.25) is 0 Å². The SMILES string of the molecule is COc1c(C)c(C)cc(C)c1NCC1(C#N)CCC1. The number of methoxy groups -OCH3 is 1. The van der Waals surface area contributed by atoms with Crippen LogP contribution in [0.25, 0.3) is 0 Å². The van der Waals surface area contributed by atoms with Crippen LogP contribution in [0, 0.1) is 37.5 Å². The molecule has 0 radical (unpaired) electrons. The topological polar surface area (TPSA) is 45.0 Å². The Kier molecular flexibility index (Phi) is 3.71. The summed E-state index contributed by atoms with van der Waals surface area (Å²) in [5.41, 5.74) is 4.43. The molecule has 0 heterocycles. The van der Waals surface area contributed by atoms with E-state index < -0.39 is 0 Å². The molecule has 1 aromatic carbocycles. The van der Waals surface area contributed by atoms with Gasteiger partial charge in [-0.25, -0.2) is 0 Å². The van der Waals surface area contributed by atoms with Gasteiger partial charge in [0.1, 0.15) is 5.75 Å². The van der Waals surface area contributed by atoms with Crippen LogP contribution in [-0.4, -0.2) is 13.7 Å². The van der Waals surface area contributed by atoms with Gasteiger partial charge in [-0.1, -0.05) is 12.5 Å². The summed E-state index contributed by atoms with van der Waals surface area (Å²) in [6.45, 7) is 6.96. The van der Waals surface area contributed by atoms with Gasteiger partial charge in [0.25, 0.3) is 0 Å². The Morgan fingerprint density at radius 2 is 2.00 bits per heavy atom. The van der Waals surface area contributed by atoms with Crippen LogP contribution >= 0.6 is 0 Å². The predicted molar refractivity (Wildman–Crippen MR) is 77.6 cm³/mol. The smallest absolute Gasteiger partial charge is 0.145 e. The van der Waals surface area contributed by atoms with Gasteiger partial charge >= 0.3 is 0 Å². The Morgan fingerprint density at radius 1 is 1.32 bits per heavy atom. The molecule has 1 aliphatic carbocycles. The summed E-state index contributed by atoms with van der Waals surface area (Å²) in [4.78, 5) is 0. The Labute approximate surface area is 115 Å². The van der Waals surface area contributed by atoms with Crippen LogP contribution in [0.1, 0.15) is 36.0 Å². The summed E-state index contributed by atoms with van der Waals surface area (Å²) in [7, 11) is 1.70. The second kappa shape index (κ2) is 5.13. The fourth-order valence-corrected chi connectivity index (χ4v) is 2.71. The monoisotopic (exact) mass is 258 g/mol. The molecule has 0 bridgehead atoms. The first kappa shape index (κ1) is 13.7. The maximum absolute atomic E-state index is 9.29. The molecule has 0 aliphatic heterocycles. The van der Waals surface area contributed by atoms with Crippen molar-refractivity contribution >= 4 is 5.69 Å². The van der Waals surface area contributed by atoms with E-state index >= 15 is 0 Å². The van der Waals surface area contributed by atoms with Crippen molar-refractivity contribution in [3.8, 4) is 11.8 Å². The average Bonchev–Trinajstić information content (AvgIpc) is 2.34. The van der Waals surface area contributed by atoms with Crippen molar-refractivity contribution in [3.05, 3.63) is 22.8 Å². The molecular formula is C16H22N2O. The summed E-state index contributed by atoms with van der Waals surface area (Å²) in [6.07, 6.45) is 3.17. The van der Waals surface area contributed by atoms with Crippen LogP contribution < -0.4 is 10.1 Å². The van der Waals surface area contributed by atoms with Crippen molar-refractivity contribution in [2.24, 2.45) is 5.41 Å². The van der Waals surface area contributed by atoms with Crippen molar-refractivity contribution in [1.82, 2.24) is 0 Å². The lowest BCUT2D eigenvalue weighted by atomic mass is 9.70. The first-order valence-electron chi connectivity index (χ1n) is 6.83. The summed E-state index contributed by atoms with van der Waals surface area (Å²) in [5.74, 6) is 0.907. The van der Waals surface area contributed by atoms with E-state index in [0.717, 1.165) is 36.3 Å². The molecule has 1 N–H and O–H groups in total. The highest BCUT2D eigenvalue weighted by Crippen LogP contribution is 2.42. The highest BCUT2D eigenvalue weighted by atomic mass is 16.5. The minimum Gasteiger partial charge on any atom is -0.494 e. The van der Waals surface area contributed by atoms with Gasteiger partial charge in [0.15, 0.2) is 0 Å². The van der Waals surface area contributed by atoms with Gasteiger partial charge < -0.3 is 10.1 Å². The summed E-state index contributed by atoms with van der Waals surface area (Å²) in [5, 5.41) is 12.7. The van der Waals surface area contributed by atoms with Gasteiger partial charge in [-0.15, -0.1) is 0 Å². The first-order valence-corrected chi connectivity index (χ1v) is 6.83. The molecule has 2 rings (SSSR count). The van der Waals surface area contributed by atoms with Gasteiger partial charge in [-0.2, -0.15) is 5.26 Å². The number of nitrogens with one attached hydrogen (secondary N) is 1. The fourth-order valence-electron chi connectivity index (χ4n) is 2.71. The quantitative estimate of drug-likeness (QED) is 0.895. The number of aryl methyl sites for hydroxylation is 2. The Bertz CT molecular complexity index is 525. The van der Waals surface area contributed by atoms with Gasteiger partial charge in [0.2, 0.25) is 0 Å². The van der Waals surface area contributed by atoms with Crippen molar-refractivity contribution in [2.45, 2.75) is 40.0 Å². The van der Waals surface area contributed by atoms with Gasteiger partial charge in [-0.05, 0) is 50.3 Å². The van der Waals surface area contributed by atoms with E-state index in [9.17, 15) is 5.26 Å². The third-order valence-corrected chi connectivity index (χ3v) is 4.34. The van der Waals surface area contributed by atoms with E-state index in [1.807, 2.05) is 0 Å². The normalized spacial score (nSPS) is 16.4. The van der Waals surface area contributed by atoms with E-state index in [1.54, 1.807) is 7.11 Å². The number of hydrogen-bond donors (Lipinski definition) is 1. The molecule has 0 unspecified atom stereocenters. The number of nitrogens with zero attached hydrogens (tertiary/aromatic N) is 1. The molecule has 3 heteroatoms. The molecule has 0 saturated heterocycles. The number of anilines is 1. The number of ether oxygens (including phenoxy) is 1. The minimum atomic E-state index is -0.170. The maximum atomic E-state index is 9.29. The molecule has 1 aliphatic rings. The summed E-state index contributed by atoms with van der Waals surface area (Å²) < 4.78 is 5.54. The molecule has 19 heavy (non-hydrogen) atoms. The lowest BCUT2D eigenvalue weighted by molar-refractivity contribution is 0.233. The third-order valence-electron chi connectivity index (χ3n) is 4.34. The van der Waals surface area contributed by atoms with Crippen LogP contribution in [0.3, 0.4) is 0 Å². The van der Waals surface area contributed by atoms with E-state index in [2.05, 4.69) is 38.2 Å². The molecule has 0 amide bonds. The van der Waals surface area contributed by atoms with Gasteiger partial charge in [0.05, 0.1) is 24.3 Å². The molecule has 102 valence electrons. The second-order valence-corrected chi connectivity index (χ2v) is 5.64. The van der Waals surface area contributed by atoms with Crippen molar-refractivity contribution < 1.29 is 4.74 Å². The third kappa shape index (κ3) is 2.40. The Morgan fingerprint density at radius 3 is 2.47 bits per heavy atom. The van der Waals surface area contributed by atoms with Crippen LogP contribution in [-0.2, 0) is 0 Å². The first-order chi connectivity index (χ1) is 9.03. The number of benzene rings is 1. The van der Waals surface area contributed by atoms with E-state index in [-0.39, 0.29) is 5.41 Å². The van der Waals surface area contributed by atoms with Crippen LogP contribution in [0.2, 0.25) is 0 Å². The lowest BCUT2D eigenvalue weighted by Gasteiger charge is -2.36. The largest absolute Gasteiger partial charge is 0.494 e. The van der Waals surface area contributed by atoms with Crippen LogP contribution in [0.15, 0.2) is 6.07 Å². The molecule has 1 saturated carbocycles. The molecule has 1 aromatic rings. The number of rotatable bonds is 4. The van der Waals surface area contributed by atoms with Gasteiger partial charge in [0, 0.05) is 6.54 Å². The predicted octanol–water partition coefficient (Wildman–Crippen LogP) is 3.73. The van der Waals surface area contributed by atoms with Crippen LogP contribution in [0.5, 0.6) is 5.75 Å². The summed E-state index contributed by atoms with van der Waals surface area (Å²) >= 11 is 0. The average molecular weight is 258 g/mol. The maximum Gasteiger partial charge on any atom is 0.145 e. The van der Waals surface area contributed by atoms with E-state index in [0.29, 0.717) is 6.54 Å². The summed E-state index contributed by atoms with van der Waals surface area (Å²) in [6, 6.07) is 4.63. The molecule has 0 aromatic heterocycles.